The van der Waals surface area contributed by atoms with Crippen LogP contribution >= 0.6 is 0 Å². The van der Waals surface area contributed by atoms with E-state index in [1.165, 1.54) is 0 Å². The van der Waals surface area contributed by atoms with E-state index in [1.807, 2.05) is 12.2 Å². The molecule has 0 saturated carbocycles. The van der Waals surface area contributed by atoms with Crippen LogP contribution in [0.25, 0.3) is 5.53 Å². The van der Waals surface area contributed by atoms with Gasteiger partial charge in [0, 0.05) is 12.0 Å². The van der Waals surface area contributed by atoms with Gasteiger partial charge >= 0.3 is 5.71 Å². The van der Waals surface area contributed by atoms with Crippen LogP contribution in [0.3, 0.4) is 0 Å². The number of Topliss-reactive ketones (excluding diaryl/α,β-unsaturated/α-hetero) is 2. The molecule has 0 aliphatic heterocycles. The summed E-state index contributed by atoms with van der Waals surface area (Å²) in [6, 6.07) is 0. The van der Waals surface area contributed by atoms with Crippen LogP contribution in [0.2, 0.25) is 0 Å². The van der Waals surface area contributed by atoms with Gasteiger partial charge < -0.3 is 5.53 Å². The average molecular weight is 200 g/mol. The monoisotopic (exact) mass is 200 g/mol. The van der Waals surface area contributed by atoms with Crippen molar-refractivity contribution in [2.45, 2.75) is 12.8 Å². The standard InChI is InChI=1S/C11H8N2O2/c12-13-10-9(14)6-7-4-2-1-3-5-8(7)11(10)15/h1-4H,5-6H2. The normalized spacial score (nSPS) is 20.1. The van der Waals surface area contributed by atoms with E-state index >= 15 is 0 Å². The number of hydrogen-bond donors (Lipinski definition) is 0. The Labute approximate surface area is 86.2 Å². The molecule has 0 radical (unpaired) electrons. The van der Waals surface area contributed by atoms with Crippen LogP contribution < -0.4 is 0 Å². The van der Waals surface area contributed by atoms with Gasteiger partial charge in [-0.2, -0.15) is 4.79 Å². The topological polar surface area (TPSA) is 70.5 Å². The first-order valence-electron chi connectivity index (χ1n) is 4.59. The summed E-state index contributed by atoms with van der Waals surface area (Å²) in [7, 11) is 0. The minimum atomic E-state index is -0.458. The Balaban J connectivity index is 2.55. The van der Waals surface area contributed by atoms with Crippen molar-refractivity contribution in [3.8, 4) is 0 Å². The van der Waals surface area contributed by atoms with E-state index in [1.54, 1.807) is 12.2 Å². The molecule has 0 saturated heterocycles. The van der Waals surface area contributed by atoms with Gasteiger partial charge in [-0.15, -0.1) is 0 Å². The van der Waals surface area contributed by atoms with Crippen LogP contribution in [-0.2, 0) is 9.59 Å². The van der Waals surface area contributed by atoms with Crippen LogP contribution in [0.5, 0.6) is 0 Å². The Bertz CT molecular complexity index is 489. The van der Waals surface area contributed by atoms with Crippen molar-refractivity contribution in [2.24, 2.45) is 0 Å². The SMILES string of the molecule is [N-]=[N+]=C1C(=O)CC2=C(CC=CC=C2)C1=O. The third kappa shape index (κ3) is 1.51. The van der Waals surface area contributed by atoms with Gasteiger partial charge in [-0.25, -0.2) is 0 Å². The zero-order valence-corrected chi connectivity index (χ0v) is 7.93. The third-order valence-corrected chi connectivity index (χ3v) is 2.46. The predicted octanol–water partition coefficient (Wildman–Crippen LogP) is 1.01. The molecule has 2 rings (SSSR count). The molecule has 2 aliphatic carbocycles. The second kappa shape index (κ2) is 3.59. The van der Waals surface area contributed by atoms with Gasteiger partial charge in [-0.05, 0) is 12.0 Å². The maximum absolute atomic E-state index is 11.7. The molecular formula is C11H8N2O2. The largest absolute Gasteiger partial charge is 0.405 e. The molecule has 0 bridgehead atoms. The Morgan fingerprint density at radius 1 is 1.27 bits per heavy atom. The lowest BCUT2D eigenvalue weighted by atomic mass is 9.87. The first-order chi connectivity index (χ1) is 7.24. The summed E-state index contributed by atoms with van der Waals surface area (Å²) in [6.07, 6.45) is 7.83. The van der Waals surface area contributed by atoms with Crippen molar-refractivity contribution < 1.29 is 14.4 Å². The van der Waals surface area contributed by atoms with E-state index in [0.717, 1.165) is 5.57 Å². The van der Waals surface area contributed by atoms with Gasteiger partial charge in [-0.1, -0.05) is 24.3 Å². The minimum absolute atomic E-state index is 0.138. The van der Waals surface area contributed by atoms with E-state index in [0.29, 0.717) is 12.0 Å². The molecule has 0 aromatic carbocycles. The molecule has 0 fully saturated rings. The van der Waals surface area contributed by atoms with Gasteiger partial charge in [0.1, 0.15) is 0 Å². The number of ketones is 2. The lowest BCUT2D eigenvalue weighted by molar-refractivity contribution is -0.123. The number of nitrogens with zero attached hydrogens (tertiary/aromatic N) is 2. The highest BCUT2D eigenvalue weighted by Crippen LogP contribution is 2.23. The second-order valence-electron chi connectivity index (χ2n) is 3.37. The third-order valence-electron chi connectivity index (χ3n) is 2.46. The molecule has 0 aromatic rings. The fourth-order valence-electron chi connectivity index (χ4n) is 1.70. The summed E-state index contributed by atoms with van der Waals surface area (Å²) in [5.74, 6) is -0.882. The summed E-state index contributed by atoms with van der Waals surface area (Å²) in [4.78, 5) is 25.9. The Kier molecular flexibility index (Phi) is 2.27. The van der Waals surface area contributed by atoms with Gasteiger partial charge in [-0.3, -0.25) is 9.59 Å². The van der Waals surface area contributed by atoms with Crippen LogP contribution in [0.4, 0.5) is 0 Å². The van der Waals surface area contributed by atoms with Crippen molar-refractivity contribution in [3.63, 3.8) is 0 Å². The molecule has 0 N–H and O–H groups in total. The fraction of sp³-hybridized carbons (Fsp3) is 0.182. The van der Waals surface area contributed by atoms with E-state index in [-0.39, 0.29) is 12.1 Å². The molecule has 0 unspecified atom stereocenters. The minimum Gasteiger partial charge on any atom is -0.360 e. The molecule has 0 atom stereocenters. The first kappa shape index (κ1) is 9.49. The molecular weight excluding hydrogens is 192 g/mol. The molecule has 0 amide bonds. The molecule has 0 aromatic heterocycles. The number of carbonyl (C=O) groups excluding carboxylic acids is 2. The van der Waals surface area contributed by atoms with Crippen LogP contribution in [0.1, 0.15) is 12.8 Å². The lowest BCUT2D eigenvalue weighted by Crippen LogP contribution is -2.31. The molecule has 0 heterocycles. The Morgan fingerprint density at radius 2 is 2.07 bits per heavy atom. The van der Waals surface area contributed by atoms with E-state index < -0.39 is 11.6 Å². The van der Waals surface area contributed by atoms with Crippen LogP contribution in [0, 0.1) is 0 Å². The van der Waals surface area contributed by atoms with Crippen LogP contribution in [0.15, 0.2) is 35.5 Å². The Morgan fingerprint density at radius 3 is 2.80 bits per heavy atom. The maximum atomic E-state index is 11.7. The zero-order chi connectivity index (χ0) is 10.8. The Hall–Kier alpha value is -2.06. The first-order valence-corrected chi connectivity index (χ1v) is 4.59. The highest BCUT2D eigenvalue weighted by Gasteiger charge is 2.37. The fourth-order valence-corrected chi connectivity index (χ4v) is 1.70. The predicted molar refractivity (Wildman–Crippen MR) is 53.2 cm³/mol. The number of carbonyl (C=O) groups is 2. The summed E-state index contributed by atoms with van der Waals surface area (Å²) in [6.45, 7) is 0. The highest BCUT2D eigenvalue weighted by atomic mass is 16.2. The van der Waals surface area contributed by atoms with Gasteiger partial charge in [0.05, 0.1) is 0 Å². The van der Waals surface area contributed by atoms with Gasteiger partial charge in [0.25, 0.3) is 11.6 Å². The second-order valence-corrected chi connectivity index (χ2v) is 3.37. The van der Waals surface area contributed by atoms with Crippen molar-refractivity contribution in [3.05, 3.63) is 41.0 Å². The smallest absolute Gasteiger partial charge is 0.360 e. The maximum Gasteiger partial charge on any atom is 0.405 e. The van der Waals surface area contributed by atoms with Crippen molar-refractivity contribution in [2.75, 3.05) is 0 Å². The van der Waals surface area contributed by atoms with Gasteiger partial charge in [0.15, 0.2) is 0 Å². The molecule has 15 heavy (non-hydrogen) atoms. The van der Waals surface area contributed by atoms with Crippen molar-refractivity contribution in [1.29, 1.82) is 0 Å². The summed E-state index contributed by atoms with van der Waals surface area (Å²) < 4.78 is 0. The number of allylic oxidation sites excluding steroid dienone is 6. The molecule has 74 valence electrons. The lowest BCUT2D eigenvalue weighted by Gasteiger charge is -2.10. The molecule has 4 nitrogen and oxygen atoms in total. The van der Waals surface area contributed by atoms with Crippen LogP contribution in [-0.4, -0.2) is 22.1 Å². The van der Waals surface area contributed by atoms with Crippen molar-refractivity contribution >= 4 is 17.3 Å². The summed E-state index contributed by atoms with van der Waals surface area (Å²) in [5.41, 5.74) is 9.50. The van der Waals surface area contributed by atoms with E-state index in [4.69, 9.17) is 5.53 Å². The van der Waals surface area contributed by atoms with E-state index in [2.05, 4.69) is 4.79 Å². The van der Waals surface area contributed by atoms with Crippen molar-refractivity contribution in [1.82, 2.24) is 0 Å². The summed E-state index contributed by atoms with van der Waals surface area (Å²) in [5, 5.41) is 0. The summed E-state index contributed by atoms with van der Waals surface area (Å²) >= 11 is 0. The molecule has 2 aliphatic rings. The molecule has 0 spiro atoms. The quantitative estimate of drug-likeness (QED) is 0.432. The molecule has 4 heteroatoms. The van der Waals surface area contributed by atoms with Gasteiger partial charge in [0.2, 0.25) is 0 Å². The number of hydrogen-bond acceptors (Lipinski definition) is 2. The number of rotatable bonds is 0. The average Bonchev–Trinajstić information content (AvgIpc) is 2.43. The zero-order valence-electron chi connectivity index (χ0n) is 7.93. The van der Waals surface area contributed by atoms with E-state index in [9.17, 15) is 9.59 Å². The highest BCUT2D eigenvalue weighted by molar-refractivity contribution is 6.68.